The third-order valence-electron chi connectivity index (χ3n) is 3.87. The Hall–Kier alpha value is -1.11. The van der Waals surface area contributed by atoms with Gasteiger partial charge >= 0.3 is 6.03 Å². The average molecular weight is 355 g/mol. The van der Waals surface area contributed by atoms with Gasteiger partial charge in [0.15, 0.2) is 0 Å². The van der Waals surface area contributed by atoms with Crippen LogP contribution in [-0.2, 0) is 22.6 Å². The maximum absolute atomic E-state index is 12.4. The van der Waals surface area contributed by atoms with Crippen LogP contribution in [0.1, 0.15) is 16.7 Å². The quantitative estimate of drug-likeness (QED) is 0.840. The van der Waals surface area contributed by atoms with Crippen LogP contribution in [0, 0.1) is 6.92 Å². The van der Waals surface area contributed by atoms with Crippen molar-refractivity contribution in [2.45, 2.75) is 26.1 Å². The number of fused-ring (bicyclic) bond motifs is 1. The van der Waals surface area contributed by atoms with Gasteiger partial charge < -0.3 is 19.7 Å². The first-order valence-corrected chi connectivity index (χ1v) is 7.92. The van der Waals surface area contributed by atoms with Gasteiger partial charge in [0.05, 0.1) is 32.5 Å². The Balaban J connectivity index is 1.64. The number of amides is 2. The molecule has 0 aliphatic carbocycles. The van der Waals surface area contributed by atoms with Gasteiger partial charge in [0.25, 0.3) is 0 Å². The zero-order valence-electron chi connectivity index (χ0n) is 12.0. The summed E-state index contributed by atoms with van der Waals surface area (Å²) in [6.07, 6.45) is 0. The third-order valence-corrected chi connectivity index (χ3v) is 4.97. The predicted octanol–water partition coefficient (Wildman–Crippen LogP) is 2.20. The average Bonchev–Trinajstić information content (AvgIpc) is 2.75. The van der Waals surface area contributed by atoms with Crippen molar-refractivity contribution >= 4 is 22.0 Å². The number of nitrogens with one attached hydrogen (secondary N) is 1. The Morgan fingerprint density at radius 3 is 2.71 bits per heavy atom. The van der Waals surface area contributed by atoms with Crippen LogP contribution in [-0.4, -0.2) is 43.4 Å². The molecule has 2 aliphatic rings. The summed E-state index contributed by atoms with van der Waals surface area (Å²) in [5.74, 6) is 0. The smallest absolute Gasteiger partial charge is 0.318 e. The van der Waals surface area contributed by atoms with Crippen LogP contribution in [0.15, 0.2) is 16.6 Å². The van der Waals surface area contributed by atoms with E-state index in [4.69, 9.17) is 9.47 Å². The fourth-order valence-corrected chi connectivity index (χ4v) is 3.17. The van der Waals surface area contributed by atoms with E-state index in [2.05, 4.69) is 40.3 Å². The molecule has 1 aromatic rings. The number of benzene rings is 1. The van der Waals surface area contributed by atoms with Gasteiger partial charge in [-0.15, -0.1) is 0 Å². The minimum atomic E-state index is -0.0751. The van der Waals surface area contributed by atoms with Crippen LogP contribution < -0.4 is 5.32 Å². The summed E-state index contributed by atoms with van der Waals surface area (Å²) in [6.45, 7) is 5.55. The van der Waals surface area contributed by atoms with Crippen LogP contribution in [0.5, 0.6) is 0 Å². The lowest BCUT2D eigenvalue weighted by molar-refractivity contribution is 0.103. The van der Waals surface area contributed by atoms with Crippen molar-refractivity contribution in [3.05, 3.63) is 33.3 Å². The van der Waals surface area contributed by atoms with Crippen LogP contribution in [0.25, 0.3) is 0 Å². The molecule has 0 spiro atoms. The van der Waals surface area contributed by atoms with E-state index in [1.54, 1.807) is 0 Å². The van der Waals surface area contributed by atoms with Crippen molar-refractivity contribution in [1.82, 2.24) is 10.2 Å². The molecule has 0 radical (unpaired) electrons. The van der Waals surface area contributed by atoms with Crippen molar-refractivity contribution in [3.8, 4) is 0 Å². The molecule has 2 aliphatic heterocycles. The van der Waals surface area contributed by atoms with Crippen LogP contribution in [0.4, 0.5) is 4.79 Å². The van der Waals surface area contributed by atoms with E-state index in [0.717, 1.165) is 4.47 Å². The van der Waals surface area contributed by atoms with E-state index in [9.17, 15) is 4.79 Å². The number of nitrogens with zero attached hydrogens (tertiary/aromatic N) is 1. The molecule has 5 nitrogen and oxygen atoms in total. The monoisotopic (exact) mass is 354 g/mol. The summed E-state index contributed by atoms with van der Waals surface area (Å²) in [7, 11) is 0. The van der Waals surface area contributed by atoms with E-state index in [-0.39, 0.29) is 12.1 Å². The lowest BCUT2D eigenvalue weighted by Gasteiger charge is -2.21. The van der Waals surface area contributed by atoms with Crippen LogP contribution >= 0.6 is 15.9 Å². The summed E-state index contributed by atoms with van der Waals surface area (Å²) in [5.41, 5.74) is 3.61. The minimum Gasteiger partial charge on any atom is -0.377 e. The molecular formula is C15H19BrN2O3. The van der Waals surface area contributed by atoms with Gasteiger partial charge in [0.2, 0.25) is 0 Å². The van der Waals surface area contributed by atoms with Crippen LogP contribution in [0.2, 0.25) is 0 Å². The molecule has 1 fully saturated rings. The molecule has 0 saturated carbocycles. The number of carbonyl (C=O) groups excluding carboxylic acids is 1. The number of urea groups is 1. The molecule has 1 aromatic carbocycles. The van der Waals surface area contributed by atoms with Gasteiger partial charge in [0, 0.05) is 17.6 Å². The van der Waals surface area contributed by atoms with Gasteiger partial charge in [-0.3, -0.25) is 0 Å². The Kier molecular flexibility index (Phi) is 4.47. The predicted molar refractivity (Wildman–Crippen MR) is 82.1 cm³/mol. The zero-order chi connectivity index (χ0) is 14.8. The van der Waals surface area contributed by atoms with Crippen LogP contribution in [0.3, 0.4) is 0 Å². The summed E-state index contributed by atoms with van der Waals surface area (Å²) in [5, 5.41) is 2.99. The van der Waals surface area contributed by atoms with Gasteiger partial charge in [-0.2, -0.15) is 0 Å². The van der Waals surface area contributed by atoms with E-state index in [1.807, 2.05) is 4.90 Å². The first-order valence-electron chi connectivity index (χ1n) is 7.13. The number of hydrogen-bond acceptors (Lipinski definition) is 3. The molecule has 2 amide bonds. The molecule has 6 heteroatoms. The Morgan fingerprint density at radius 1 is 1.29 bits per heavy atom. The zero-order valence-corrected chi connectivity index (χ0v) is 13.6. The number of aryl methyl sites for hydroxylation is 1. The normalized spacial score (nSPS) is 19.2. The van der Waals surface area contributed by atoms with Crippen molar-refractivity contribution in [1.29, 1.82) is 0 Å². The largest absolute Gasteiger partial charge is 0.377 e. The Morgan fingerprint density at radius 2 is 2.00 bits per heavy atom. The maximum Gasteiger partial charge on any atom is 0.318 e. The van der Waals surface area contributed by atoms with Gasteiger partial charge in [-0.1, -0.05) is 28.1 Å². The third kappa shape index (κ3) is 3.22. The highest BCUT2D eigenvalue weighted by Gasteiger charge is 2.27. The molecule has 0 bridgehead atoms. The highest BCUT2D eigenvalue weighted by Crippen LogP contribution is 2.31. The topological polar surface area (TPSA) is 50.8 Å². The van der Waals surface area contributed by atoms with Gasteiger partial charge in [-0.05, 0) is 23.6 Å². The number of rotatable bonds is 1. The summed E-state index contributed by atoms with van der Waals surface area (Å²) < 4.78 is 11.9. The first kappa shape index (κ1) is 14.8. The molecule has 1 saturated heterocycles. The Bertz CT molecular complexity index is 542. The molecule has 0 aromatic heterocycles. The molecule has 114 valence electrons. The van der Waals surface area contributed by atoms with E-state index >= 15 is 0 Å². The van der Waals surface area contributed by atoms with E-state index in [1.165, 1.54) is 16.7 Å². The molecule has 0 atom stereocenters. The van der Waals surface area contributed by atoms with Crippen molar-refractivity contribution in [3.63, 3.8) is 0 Å². The second-order valence-corrected chi connectivity index (χ2v) is 6.28. The lowest BCUT2D eigenvalue weighted by atomic mass is 10.1. The first-order chi connectivity index (χ1) is 10.1. The highest BCUT2D eigenvalue weighted by atomic mass is 79.9. The number of carbonyl (C=O) groups is 1. The van der Waals surface area contributed by atoms with Gasteiger partial charge in [-0.25, -0.2) is 4.79 Å². The number of halogens is 1. The summed E-state index contributed by atoms with van der Waals surface area (Å²) >= 11 is 3.62. The SMILES string of the molecule is Cc1ccc2c(c1Br)CN(C(=O)NC1COCCOC1)C2. The maximum atomic E-state index is 12.4. The Labute approximate surface area is 132 Å². The number of ether oxygens (including phenoxy) is 2. The molecule has 1 N–H and O–H groups in total. The summed E-state index contributed by atoms with van der Waals surface area (Å²) in [6, 6.07) is 4.04. The van der Waals surface area contributed by atoms with Gasteiger partial charge in [0.1, 0.15) is 0 Å². The van der Waals surface area contributed by atoms with Crippen molar-refractivity contribution in [2.24, 2.45) is 0 Å². The highest BCUT2D eigenvalue weighted by molar-refractivity contribution is 9.10. The fraction of sp³-hybridized carbons (Fsp3) is 0.533. The van der Waals surface area contributed by atoms with Crippen molar-refractivity contribution < 1.29 is 14.3 Å². The molecule has 2 heterocycles. The second-order valence-electron chi connectivity index (χ2n) is 5.49. The fourth-order valence-electron chi connectivity index (χ4n) is 2.66. The van der Waals surface area contributed by atoms with Crippen molar-refractivity contribution in [2.75, 3.05) is 26.4 Å². The standard InChI is InChI=1S/C15H19BrN2O3/c1-10-2-3-11-6-18(7-13(11)14(10)16)15(19)17-12-8-20-4-5-21-9-12/h2-3,12H,4-9H2,1H3,(H,17,19). The number of hydrogen-bond donors (Lipinski definition) is 1. The van der Waals surface area contributed by atoms with E-state index < -0.39 is 0 Å². The molecular weight excluding hydrogens is 336 g/mol. The molecule has 21 heavy (non-hydrogen) atoms. The second kappa shape index (κ2) is 6.34. The molecule has 3 rings (SSSR count). The summed E-state index contributed by atoms with van der Waals surface area (Å²) in [4.78, 5) is 14.2. The minimum absolute atomic E-state index is 0.0603. The van der Waals surface area contributed by atoms with E-state index in [0.29, 0.717) is 39.5 Å². The molecule has 0 unspecified atom stereocenters. The lowest BCUT2D eigenvalue weighted by Crippen LogP contribution is -2.46.